The van der Waals surface area contributed by atoms with Crippen molar-refractivity contribution in [1.82, 2.24) is 4.90 Å². The molecule has 1 amide bonds. The summed E-state index contributed by atoms with van der Waals surface area (Å²) in [7, 11) is 0. The number of carboxylic acid groups (broad SMARTS) is 1. The predicted octanol–water partition coefficient (Wildman–Crippen LogP) is 1.75. The zero-order chi connectivity index (χ0) is 12.4. The highest BCUT2D eigenvalue weighted by Crippen LogP contribution is 2.37. The third kappa shape index (κ3) is 2.61. The number of nitrogens with zero attached hydrogens (tertiary/aromatic N) is 1. The van der Waals surface area contributed by atoms with Crippen molar-refractivity contribution in [2.24, 2.45) is 17.8 Å². The van der Waals surface area contributed by atoms with Crippen molar-refractivity contribution in [2.75, 3.05) is 13.1 Å². The SMILES string of the molecule is CC1C[C@H](C(=O)N2CCCCC2)[C@H](C(=O)O)C1. The molecule has 0 aromatic carbocycles. The van der Waals surface area contributed by atoms with Crippen LogP contribution >= 0.6 is 0 Å². The zero-order valence-corrected chi connectivity index (χ0v) is 10.4. The first-order valence-corrected chi connectivity index (χ1v) is 6.61. The van der Waals surface area contributed by atoms with E-state index in [0.29, 0.717) is 12.3 Å². The first-order chi connectivity index (χ1) is 8.09. The normalized spacial score (nSPS) is 33.7. The summed E-state index contributed by atoms with van der Waals surface area (Å²) in [6.45, 7) is 3.67. The van der Waals surface area contributed by atoms with Gasteiger partial charge in [-0.1, -0.05) is 6.92 Å². The number of carbonyl (C=O) groups is 2. The van der Waals surface area contributed by atoms with Crippen molar-refractivity contribution < 1.29 is 14.7 Å². The van der Waals surface area contributed by atoms with Crippen LogP contribution in [0.25, 0.3) is 0 Å². The van der Waals surface area contributed by atoms with E-state index in [0.717, 1.165) is 32.4 Å². The minimum Gasteiger partial charge on any atom is -0.481 e. The molecule has 0 aromatic rings. The van der Waals surface area contributed by atoms with E-state index in [1.165, 1.54) is 6.42 Å². The van der Waals surface area contributed by atoms with E-state index < -0.39 is 11.9 Å². The molecule has 3 atom stereocenters. The van der Waals surface area contributed by atoms with E-state index in [1.807, 2.05) is 11.8 Å². The molecule has 1 unspecified atom stereocenters. The van der Waals surface area contributed by atoms with Crippen LogP contribution in [0.3, 0.4) is 0 Å². The maximum Gasteiger partial charge on any atom is 0.307 e. The molecule has 0 aromatic heterocycles. The van der Waals surface area contributed by atoms with Crippen LogP contribution in [0.15, 0.2) is 0 Å². The Morgan fingerprint density at radius 2 is 1.65 bits per heavy atom. The van der Waals surface area contributed by atoms with Crippen LogP contribution in [0, 0.1) is 17.8 Å². The maximum atomic E-state index is 12.3. The van der Waals surface area contributed by atoms with Crippen LogP contribution in [-0.4, -0.2) is 35.0 Å². The Kier molecular flexibility index (Phi) is 3.69. The van der Waals surface area contributed by atoms with E-state index in [1.54, 1.807) is 0 Å². The summed E-state index contributed by atoms with van der Waals surface area (Å²) >= 11 is 0. The second kappa shape index (κ2) is 5.07. The fourth-order valence-corrected chi connectivity index (χ4v) is 3.19. The highest BCUT2D eigenvalue weighted by molar-refractivity contribution is 5.85. The zero-order valence-electron chi connectivity index (χ0n) is 10.4. The summed E-state index contributed by atoms with van der Waals surface area (Å²) in [5, 5.41) is 9.18. The number of carbonyl (C=O) groups excluding carboxylic acids is 1. The molecule has 2 rings (SSSR count). The van der Waals surface area contributed by atoms with Crippen molar-refractivity contribution >= 4 is 11.9 Å². The summed E-state index contributed by atoms with van der Waals surface area (Å²) in [6, 6.07) is 0. The molecule has 0 bridgehead atoms. The van der Waals surface area contributed by atoms with Gasteiger partial charge in [-0.15, -0.1) is 0 Å². The topological polar surface area (TPSA) is 57.6 Å². The molecule has 1 saturated heterocycles. The molecule has 4 heteroatoms. The molecule has 1 aliphatic carbocycles. The second-order valence-electron chi connectivity index (χ2n) is 5.51. The molecular weight excluding hydrogens is 218 g/mol. The minimum absolute atomic E-state index is 0.0847. The third-order valence-corrected chi connectivity index (χ3v) is 4.10. The number of amides is 1. The summed E-state index contributed by atoms with van der Waals surface area (Å²) in [5.74, 6) is -1.10. The third-order valence-electron chi connectivity index (χ3n) is 4.10. The standard InChI is InChI=1S/C13H21NO3/c1-9-7-10(11(8-9)13(16)17)12(15)14-5-3-2-4-6-14/h9-11H,2-8H2,1H3,(H,16,17)/t9?,10-,11+/m0/s1. The lowest BCUT2D eigenvalue weighted by atomic mass is 9.94. The average Bonchev–Trinajstić information content (AvgIpc) is 2.72. The highest BCUT2D eigenvalue weighted by atomic mass is 16.4. The van der Waals surface area contributed by atoms with Gasteiger partial charge in [0.15, 0.2) is 0 Å². The summed E-state index contributed by atoms with van der Waals surface area (Å²) in [5.41, 5.74) is 0. The van der Waals surface area contributed by atoms with Gasteiger partial charge < -0.3 is 10.0 Å². The van der Waals surface area contributed by atoms with Gasteiger partial charge in [0.25, 0.3) is 0 Å². The van der Waals surface area contributed by atoms with Crippen LogP contribution in [0.2, 0.25) is 0 Å². The molecule has 1 aliphatic heterocycles. The van der Waals surface area contributed by atoms with E-state index in [9.17, 15) is 14.7 Å². The number of rotatable bonds is 2. The minimum atomic E-state index is -0.801. The largest absolute Gasteiger partial charge is 0.481 e. The van der Waals surface area contributed by atoms with Gasteiger partial charge in [-0.05, 0) is 38.0 Å². The quantitative estimate of drug-likeness (QED) is 0.798. The van der Waals surface area contributed by atoms with Crippen molar-refractivity contribution in [3.8, 4) is 0 Å². The molecule has 17 heavy (non-hydrogen) atoms. The van der Waals surface area contributed by atoms with Crippen LogP contribution in [0.1, 0.15) is 39.0 Å². The fraction of sp³-hybridized carbons (Fsp3) is 0.846. The first kappa shape index (κ1) is 12.4. The lowest BCUT2D eigenvalue weighted by Crippen LogP contribution is -2.42. The van der Waals surface area contributed by atoms with Gasteiger partial charge in [-0.3, -0.25) is 9.59 Å². The molecule has 1 heterocycles. The Balaban J connectivity index is 2.04. The van der Waals surface area contributed by atoms with Gasteiger partial charge in [0.2, 0.25) is 5.91 Å². The molecule has 2 aliphatic rings. The van der Waals surface area contributed by atoms with E-state index >= 15 is 0 Å². The van der Waals surface area contributed by atoms with Gasteiger partial charge in [-0.25, -0.2) is 0 Å². The molecular formula is C13H21NO3. The summed E-state index contributed by atoms with van der Waals surface area (Å²) in [4.78, 5) is 25.4. The summed E-state index contributed by atoms with van der Waals surface area (Å²) in [6.07, 6.45) is 4.70. The number of piperidine rings is 1. The number of carboxylic acids is 1. The monoisotopic (exact) mass is 239 g/mol. The van der Waals surface area contributed by atoms with E-state index in [4.69, 9.17) is 0 Å². The van der Waals surface area contributed by atoms with Crippen molar-refractivity contribution in [3.05, 3.63) is 0 Å². The Bertz CT molecular complexity index is 310. The molecule has 2 fully saturated rings. The van der Waals surface area contributed by atoms with Gasteiger partial charge in [0.05, 0.1) is 11.8 Å². The van der Waals surface area contributed by atoms with Crippen molar-refractivity contribution in [3.63, 3.8) is 0 Å². The Morgan fingerprint density at radius 1 is 1.06 bits per heavy atom. The van der Waals surface area contributed by atoms with Crippen LogP contribution in [-0.2, 0) is 9.59 Å². The number of likely N-dealkylation sites (tertiary alicyclic amines) is 1. The first-order valence-electron chi connectivity index (χ1n) is 6.61. The molecule has 96 valence electrons. The van der Waals surface area contributed by atoms with Gasteiger partial charge in [0.1, 0.15) is 0 Å². The fourth-order valence-electron chi connectivity index (χ4n) is 3.19. The average molecular weight is 239 g/mol. The van der Waals surface area contributed by atoms with Crippen LogP contribution < -0.4 is 0 Å². The molecule has 4 nitrogen and oxygen atoms in total. The van der Waals surface area contributed by atoms with E-state index in [2.05, 4.69) is 0 Å². The lowest BCUT2D eigenvalue weighted by molar-refractivity contribution is -0.149. The summed E-state index contributed by atoms with van der Waals surface area (Å²) < 4.78 is 0. The second-order valence-corrected chi connectivity index (χ2v) is 5.51. The number of hydrogen-bond donors (Lipinski definition) is 1. The van der Waals surface area contributed by atoms with Crippen molar-refractivity contribution in [2.45, 2.75) is 39.0 Å². The number of aliphatic carboxylic acids is 1. The van der Waals surface area contributed by atoms with Crippen LogP contribution in [0.5, 0.6) is 0 Å². The highest BCUT2D eigenvalue weighted by Gasteiger charge is 2.42. The smallest absolute Gasteiger partial charge is 0.307 e. The Morgan fingerprint density at radius 3 is 2.24 bits per heavy atom. The van der Waals surface area contributed by atoms with E-state index in [-0.39, 0.29) is 11.8 Å². The predicted molar refractivity (Wildman–Crippen MR) is 63.4 cm³/mol. The lowest BCUT2D eigenvalue weighted by Gasteiger charge is -2.30. The molecule has 0 spiro atoms. The van der Waals surface area contributed by atoms with Gasteiger partial charge in [-0.2, -0.15) is 0 Å². The Hall–Kier alpha value is -1.06. The van der Waals surface area contributed by atoms with Crippen LogP contribution in [0.4, 0.5) is 0 Å². The Labute approximate surface area is 102 Å². The molecule has 1 saturated carbocycles. The van der Waals surface area contributed by atoms with Crippen molar-refractivity contribution in [1.29, 1.82) is 0 Å². The van der Waals surface area contributed by atoms with Gasteiger partial charge >= 0.3 is 5.97 Å². The maximum absolute atomic E-state index is 12.3. The van der Waals surface area contributed by atoms with Gasteiger partial charge in [0, 0.05) is 13.1 Å². The number of hydrogen-bond acceptors (Lipinski definition) is 2. The molecule has 0 radical (unpaired) electrons. The molecule has 1 N–H and O–H groups in total.